The smallest absolute Gasteiger partial charge is 0.265 e. The summed E-state index contributed by atoms with van der Waals surface area (Å²) in [5, 5.41) is 3.67. The van der Waals surface area contributed by atoms with Crippen LogP contribution in [0.4, 0.5) is 5.69 Å². The standard InChI is InChI=1S/C23H25N3O2/c1-15-14-18(12-13-20(15)25-22(27)17-8-4-3-5-9-17)26-16(2)24-21-11-7-6-10-19(21)23(26)28/h6-7,10-14,17H,3-5,8-9H2,1-2H3,(H,25,27). The Hall–Kier alpha value is -2.95. The maximum atomic E-state index is 13.0. The first-order chi connectivity index (χ1) is 13.5. The van der Waals surface area contributed by atoms with Gasteiger partial charge in [-0.3, -0.25) is 14.2 Å². The fourth-order valence-corrected chi connectivity index (χ4v) is 4.07. The second-order valence-electron chi connectivity index (χ2n) is 7.64. The molecule has 0 atom stereocenters. The van der Waals surface area contributed by atoms with Crippen molar-refractivity contribution in [2.45, 2.75) is 46.0 Å². The quantitative estimate of drug-likeness (QED) is 0.732. The Kier molecular flexibility index (Phi) is 4.99. The maximum absolute atomic E-state index is 13.0. The van der Waals surface area contributed by atoms with Gasteiger partial charge < -0.3 is 5.32 Å². The lowest BCUT2D eigenvalue weighted by molar-refractivity contribution is -0.120. The molecule has 5 nitrogen and oxygen atoms in total. The van der Waals surface area contributed by atoms with Crippen molar-refractivity contribution < 1.29 is 4.79 Å². The van der Waals surface area contributed by atoms with Gasteiger partial charge in [0.15, 0.2) is 0 Å². The van der Waals surface area contributed by atoms with Crippen LogP contribution in [0.1, 0.15) is 43.5 Å². The fourth-order valence-electron chi connectivity index (χ4n) is 4.07. The molecular weight excluding hydrogens is 350 g/mol. The first-order valence-electron chi connectivity index (χ1n) is 9.95. The maximum Gasteiger partial charge on any atom is 0.265 e. The molecule has 0 radical (unpaired) electrons. The first-order valence-corrected chi connectivity index (χ1v) is 9.95. The van der Waals surface area contributed by atoms with Gasteiger partial charge in [0.1, 0.15) is 5.82 Å². The molecule has 1 N–H and O–H groups in total. The van der Waals surface area contributed by atoms with Crippen LogP contribution < -0.4 is 10.9 Å². The molecule has 1 heterocycles. The van der Waals surface area contributed by atoms with Crippen molar-refractivity contribution in [2.24, 2.45) is 5.92 Å². The summed E-state index contributed by atoms with van der Waals surface area (Å²) in [5.74, 6) is 0.862. The molecule has 0 saturated heterocycles. The summed E-state index contributed by atoms with van der Waals surface area (Å²) in [4.78, 5) is 30.1. The van der Waals surface area contributed by atoms with Gasteiger partial charge in [0.25, 0.3) is 5.56 Å². The number of amides is 1. The molecule has 1 aromatic heterocycles. The van der Waals surface area contributed by atoms with Crippen LogP contribution in [0.25, 0.3) is 16.6 Å². The minimum absolute atomic E-state index is 0.0820. The summed E-state index contributed by atoms with van der Waals surface area (Å²) in [6.45, 7) is 3.79. The summed E-state index contributed by atoms with van der Waals surface area (Å²) in [6, 6.07) is 13.1. The number of aromatic nitrogens is 2. The number of rotatable bonds is 3. The monoisotopic (exact) mass is 375 g/mol. The van der Waals surface area contributed by atoms with E-state index < -0.39 is 0 Å². The molecule has 144 valence electrons. The SMILES string of the molecule is Cc1cc(-n2c(C)nc3ccccc3c2=O)ccc1NC(=O)C1CCCCC1. The first kappa shape index (κ1) is 18.4. The van der Waals surface area contributed by atoms with Crippen LogP contribution in [0.3, 0.4) is 0 Å². The molecule has 1 saturated carbocycles. The zero-order valence-electron chi connectivity index (χ0n) is 16.4. The van der Waals surface area contributed by atoms with Crippen LogP contribution in [-0.2, 0) is 4.79 Å². The average Bonchev–Trinajstić information content (AvgIpc) is 2.70. The third-order valence-electron chi connectivity index (χ3n) is 5.65. The molecule has 1 amide bonds. The number of aryl methyl sites for hydroxylation is 2. The van der Waals surface area contributed by atoms with Crippen LogP contribution in [0.15, 0.2) is 47.3 Å². The Morgan fingerprint density at radius 3 is 2.57 bits per heavy atom. The van der Waals surface area contributed by atoms with E-state index in [4.69, 9.17) is 0 Å². The van der Waals surface area contributed by atoms with Crippen molar-refractivity contribution in [3.8, 4) is 5.69 Å². The van der Waals surface area contributed by atoms with Gasteiger partial charge in [-0.05, 0) is 62.6 Å². The van der Waals surface area contributed by atoms with Crippen molar-refractivity contribution in [3.63, 3.8) is 0 Å². The van der Waals surface area contributed by atoms with E-state index in [9.17, 15) is 9.59 Å². The lowest BCUT2D eigenvalue weighted by Crippen LogP contribution is -2.25. The molecule has 1 aliphatic rings. The van der Waals surface area contributed by atoms with E-state index >= 15 is 0 Å². The fraction of sp³-hybridized carbons (Fsp3) is 0.348. The number of fused-ring (bicyclic) bond motifs is 1. The third-order valence-corrected chi connectivity index (χ3v) is 5.65. The van der Waals surface area contributed by atoms with E-state index in [0.29, 0.717) is 16.7 Å². The highest BCUT2D eigenvalue weighted by Crippen LogP contribution is 2.26. The highest BCUT2D eigenvalue weighted by molar-refractivity contribution is 5.93. The number of nitrogens with one attached hydrogen (secondary N) is 1. The highest BCUT2D eigenvalue weighted by Gasteiger charge is 2.21. The molecule has 2 aromatic carbocycles. The van der Waals surface area contributed by atoms with E-state index in [1.807, 2.05) is 50.2 Å². The summed E-state index contributed by atoms with van der Waals surface area (Å²) >= 11 is 0. The molecule has 0 aliphatic heterocycles. The molecule has 4 rings (SSSR count). The Balaban J connectivity index is 1.66. The van der Waals surface area contributed by atoms with Crippen molar-refractivity contribution >= 4 is 22.5 Å². The Morgan fingerprint density at radius 2 is 1.82 bits per heavy atom. The summed E-state index contributed by atoms with van der Waals surface area (Å²) in [5.41, 5.74) is 3.12. The topological polar surface area (TPSA) is 64.0 Å². The van der Waals surface area contributed by atoms with Crippen LogP contribution in [-0.4, -0.2) is 15.5 Å². The number of hydrogen-bond donors (Lipinski definition) is 1. The molecule has 0 unspecified atom stereocenters. The van der Waals surface area contributed by atoms with Crippen LogP contribution in [0.5, 0.6) is 0 Å². The van der Waals surface area contributed by atoms with Crippen LogP contribution in [0.2, 0.25) is 0 Å². The molecular formula is C23H25N3O2. The molecule has 1 aliphatic carbocycles. The van der Waals surface area contributed by atoms with Crippen LogP contribution >= 0.6 is 0 Å². The number of carbonyl (C=O) groups excluding carboxylic acids is 1. The highest BCUT2D eigenvalue weighted by atomic mass is 16.2. The molecule has 28 heavy (non-hydrogen) atoms. The number of carbonyl (C=O) groups is 1. The van der Waals surface area contributed by atoms with Gasteiger partial charge in [0.2, 0.25) is 5.91 Å². The molecule has 5 heteroatoms. The number of benzene rings is 2. The summed E-state index contributed by atoms with van der Waals surface area (Å²) in [6.07, 6.45) is 5.44. The van der Waals surface area contributed by atoms with Crippen molar-refractivity contribution in [1.82, 2.24) is 9.55 Å². The Bertz CT molecular complexity index is 1090. The normalized spacial score (nSPS) is 14.9. The average molecular weight is 375 g/mol. The van der Waals surface area contributed by atoms with Gasteiger partial charge in [-0.1, -0.05) is 31.4 Å². The lowest BCUT2D eigenvalue weighted by atomic mass is 9.88. The molecule has 0 spiro atoms. The van der Waals surface area contributed by atoms with Gasteiger partial charge >= 0.3 is 0 Å². The predicted molar refractivity (Wildman–Crippen MR) is 112 cm³/mol. The molecule has 1 fully saturated rings. The van der Waals surface area contributed by atoms with Gasteiger partial charge in [-0.25, -0.2) is 4.98 Å². The van der Waals surface area contributed by atoms with Gasteiger partial charge in [-0.2, -0.15) is 0 Å². The van der Waals surface area contributed by atoms with E-state index in [0.717, 1.165) is 42.6 Å². The van der Waals surface area contributed by atoms with Gasteiger partial charge in [-0.15, -0.1) is 0 Å². The number of hydrogen-bond acceptors (Lipinski definition) is 3. The lowest BCUT2D eigenvalue weighted by Gasteiger charge is -2.21. The third kappa shape index (κ3) is 3.44. The van der Waals surface area contributed by atoms with Gasteiger partial charge in [0.05, 0.1) is 16.6 Å². The second-order valence-corrected chi connectivity index (χ2v) is 7.64. The molecule has 0 bridgehead atoms. The minimum Gasteiger partial charge on any atom is -0.326 e. The van der Waals surface area contributed by atoms with Gasteiger partial charge in [0, 0.05) is 11.6 Å². The summed E-state index contributed by atoms with van der Waals surface area (Å²) in [7, 11) is 0. The number of anilines is 1. The largest absolute Gasteiger partial charge is 0.326 e. The van der Waals surface area contributed by atoms with Crippen molar-refractivity contribution in [1.29, 1.82) is 0 Å². The molecule has 3 aromatic rings. The summed E-state index contributed by atoms with van der Waals surface area (Å²) < 4.78 is 1.63. The van der Waals surface area contributed by atoms with E-state index in [1.54, 1.807) is 10.6 Å². The predicted octanol–water partition coefficient (Wildman–Crippen LogP) is 4.52. The second kappa shape index (κ2) is 7.58. The van der Waals surface area contributed by atoms with Crippen LogP contribution in [0, 0.1) is 19.8 Å². The van der Waals surface area contributed by atoms with E-state index in [-0.39, 0.29) is 17.4 Å². The Labute approximate surface area is 164 Å². The zero-order valence-corrected chi connectivity index (χ0v) is 16.4. The Morgan fingerprint density at radius 1 is 1.07 bits per heavy atom. The number of nitrogens with zero attached hydrogens (tertiary/aromatic N) is 2. The van der Waals surface area contributed by atoms with E-state index in [2.05, 4.69) is 10.3 Å². The minimum atomic E-state index is -0.0820. The van der Waals surface area contributed by atoms with E-state index in [1.165, 1.54) is 6.42 Å². The van der Waals surface area contributed by atoms with Crippen molar-refractivity contribution in [3.05, 3.63) is 64.2 Å². The zero-order chi connectivity index (χ0) is 19.7. The number of para-hydroxylation sites is 1. The van der Waals surface area contributed by atoms with Crippen molar-refractivity contribution in [2.75, 3.05) is 5.32 Å².